The molecule has 5 rings (SSSR count). The number of methoxy groups -OCH3 is 3. The topological polar surface area (TPSA) is 243 Å². The van der Waals surface area contributed by atoms with E-state index in [2.05, 4.69) is 57.8 Å². The minimum Gasteiger partial charge on any atom is -0.496 e. The van der Waals surface area contributed by atoms with Gasteiger partial charge in [-0.2, -0.15) is 0 Å². The molecule has 4 aromatic carbocycles. The van der Waals surface area contributed by atoms with Gasteiger partial charge in [-0.3, -0.25) is 29.4 Å². The van der Waals surface area contributed by atoms with E-state index in [-0.39, 0.29) is 50.6 Å². The van der Waals surface area contributed by atoms with Crippen molar-refractivity contribution in [1.29, 1.82) is 5.41 Å². The van der Waals surface area contributed by atoms with Crippen LogP contribution in [-0.2, 0) is 41.6 Å². The van der Waals surface area contributed by atoms with Crippen LogP contribution >= 0.6 is 0 Å². The van der Waals surface area contributed by atoms with Crippen LogP contribution in [-0.4, -0.2) is 106 Å². The van der Waals surface area contributed by atoms with Gasteiger partial charge in [0.1, 0.15) is 35.7 Å². The molecule has 0 fully saturated rings. The predicted molar refractivity (Wildman–Crippen MR) is 250 cm³/mol. The quantitative estimate of drug-likeness (QED) is 0.0348. The molecule has 4 atom stereocenters. The second-order valence-corrected chi connectivity index (χ2v) is 16.0. The van der Waals surface area contributed by atoms with Crippen molar-refractivity contribution >= 4 is 41.5 Å². The van der Waals surface area contributed by atoms with E-state index in [1.54, 1.807) is 48.5 Å². The molecule has 5 amide bonds. The standard InChI is InChI=1S/C49H60N8O9/c1-7-9-30-11-14-32(15-12-30)33-16-18-34(19-17-33)45(60)52-25-23-42(58)55-38(10-8-24-53-49(50)51)47(62)57(3)43-35-20-22-41(65-5)37(28-35)36-26-31(13-21-40(36)64-4)27-39(48(63)66-6)56-44(59)29(2)54-46(43)61/h11-22,26,28-29,38-39,43H,7-10,23-25,27H2,1-6H3,(H,52,60)(H,54,61)(H,55,58)(H,56,59)(H4,50,51,53)/t29-,38-,39-,43-/m0/s1. The fourth-order valence-electron chi connectivity index (χ4n) is 7.76. The van der Waals surface area contributed by atoms with Crippen LogP contribution in [0.5, 0.6) is 11.5 Å². The highest BCUT2D eigenvalue weighted by molar-refractivity contribution is 5.97. The maximum Gasteiger partial charge on any atom is 0.328 e. The zero-order valence-electron chi connectivity index (χ0n) is 38.2. The lowest BCUT2D eigenvalue weighted by molar-refractivity contribution is -0.145. The van der Waals surface area contributed by atoms with Gasteiger partial charge in [0.25, 0.3) is 5.91 Å². The molecule has 17 heteroatoms. The first-order chi connectivity index (χ1) is 31.7. The SMILES string of the molecule is CCCc1ccc(-c2ccc(C(=O)NCCC(=O)N[C@@H](CCCNC(=N)N)C(=O)N(C)[C@@H]3C(=O)N[C@@H](C)C(=O)N[C@H](C(=O)OC)Cc4ccc(OC)c(c4)-c4cc3ccc4OC)cc2)cc1. The maximum atomic E-state index is 14.6. The largest absolute Gasteiger partial charge is 0.496 e. The molecule has 17 nitrogen and oxygen atoms in total. The Labute approximate surface area is 385 Å². The highest BCUT2D eigenvalue weighted by atomic mass is 16.5. The molecule has 0 saturated carbocycles. The fourth-order valence-corrected chi connectivity index (χ4v) is 7.76. The van der Waals surface area contributed by atoms with Gasteiger partial charge in [0.15, 0.2) is 5.96 Å². The first-order valence-electron chi connectivity index (χ1n) is 21.8. The third-order valence-electron chi connectivity index (χ3n) is 11.3. The van der Waals surface area contributed by atoms with E-state index in [1.165, 1.54) is 45.8 Å². The summed E-state index contributed by atoms with van der Waals surface area (Å²) in [6.45, 7) is 3.76. The maximum absolute atomic E-state index is 14.6. The number of amides is 5. The van der Waals surface area contributed by atoms with Gasteiger partial charge >= 0.3 is 5.97 Å². The van der Waals surface area contributed by atoms with Crippen molar-refractivity contribution in [2.24, 2.45) is 5.73 Å². The molecule has 1 heterocycles. The number of aryl methyl sites for hydroxylation is 1. The van der Waals surface area contributed by atoms with Crippen LogP contribution in [0.1, 0.15) is 72.6 Å². The van der Waals surface area contributed by atoms with Crippen LogP contribution in [0.4, 0.5) is 0 Å². The summed E-state index contributed by atoms with van der Waals surface area (Å²) in [4.78, 5) is 83.3. The number of ether oxygens (including phenoxy) is 3. The first-order valence-corrected chi connectivity index (χ1v) is 21.8. The van der Waals surface area contributed by atoms with Crippen LogP contribution in [0.2, 0.25) is 0 Å². The van der Waals surface area contributed by atoms with Gasteiger partial charge in [-0.15, -0.1) is 0 Å². The number of carbonyl (C=O) groups excluding carboxylic acids is 6. The van der Waals surface area contributed by atoms with Crippen molar-refractivity contribution in [1.82, 2.24) is 31.5 Å². The Kier molecular flexibility index (Phi) is 17.6. The zero-order valence-corrected chi connectivity index (χ0v) is 38.2. The van der Waals surface area contributed by atoms with Gasteiger partial charge < -0.3 is 51.4 Å². The lowest BCUT2D eigenvalue weighted by Gasteiger charge is -2.32. The summed E-state index contributed by atoms with van der Waals surface area (Å²) in [6.07, 6.45) is 2.33. The molecular formula is C49H60N8O9. The molecule has 0 aromatic heterocycles. The van der Waals surface area contributed by atoms with E-state index >= 15 is 0 Å². The Hall–Kier alpha value is -7.43. The molecule has 0 unspecified atom stereocenters. The van der Waals surface area contributed by atoms with E-state index in [1.807, 2.05) is 12.1 Å². The van der Waals surface area contributed by atoms with Crippen LogP contribution in [0, 0.1) is 5.41 Å². The number of fused-ring (bicyclic) bond motifs is 5. The van der Waals surface area contributed by atoms with Crippen molar-refractivity contribution in [3.8, 4) is 33.8 Å². The first kappa shape index (κ1) is 49.6. The average molecular weight is 905 g/mol. The Morgan fingerprint density at radius 2 is 1.47 bits per heavy atom. The van der Waals surface area contributed by atoms with Gasteiger partial charge in [-0.05, 0) is 90.4 Å². The summed E-state index contributed by atoms with van der Waals surface area (Å²) >= 11 is 0. The number of esters is 1. The average Bonchev–Trinajstić information content (AvgIpc) is 3.31. The lowest BCUT2D eigenvalue weighted by Crippen LogP contribution is -2.55. The van der Waals surface area contributed by atoms with Crippen molar-refractivity contribution < 1.29 is 43.0 Å². The molecule has 0 radical (unpaired) electrons. The molecule has 8 N–H and O–H groups in total. The van der Waals surface area contributed by atoms with Crippen molar-refractivity contribution in [2.45, 2.75) is 76.5 Å². The molecule has 1 aliphatic rings. The predicted octanol–water partition coefficient (Wildman–Crippen LogP) is 3.78. The van der Waals surface area contributed by atoms with Gasteiger partial charge in [0.05, 0.1) is 21.3 Å². The monoisotopic (exact) mass is 904 g/mol. The number of nitrogens with zero attached hydrogens (tertiary/aromatic N) is 1. The summed E-state index contributed by atoms with van der Waals surface area (Å²) in [6, 6.07) is 20.9. The van der Waals surface area contributed by atoms with E-state index < -0.39 is 53.8 Å². The van der Waals surface area contributed by atoms with Gasteiger partial charge in [-0.25, -0.2) is 4.79 Å². The molecule has 4 aromatic rings. The second-order valence-electron chi connectivity index (χ2n) is 16.0. The van der Waals surface area contributed by atoms with Crippen molar-refractivity contribution in [3.63, 3.8) is 0 Å². The molecule has 0 aliphatic carbocycles. The number of likely N-dealkylation sites (N-methyl/N-ethyl adjacent to an activating group) is 1. The lowest BCUT2D eigenvalue weighted by atomic mass is 9.93. The fraction of sp³-hybridized carbons (Fsp3) is 0.367. The summed E-state index contributed by atoms with van der Waals surface area (Å²) in [5.41, 5.74) is 11.2. The summed E-state index contributed by atoms with van der Waals surface area (Å²) in [5, 5.41) is 21.2. The zero-order chi connectivity index (χ0) is 47.9. The number of guanidine groups is 1. The van der Waals surface area contributed by atoms with Crippen molar-refractivity contribution in [2.75, 3.05) is 41.5 Å². The van der Waals surface area contributed by atoms with Crippen LogP contribution in [0.3, 0.4) is 0 Å². The van der Waals surface area contributed by atoms with E-state index in [4.69, 9.17) is 25.4 Å². The minimum absolute atomic E-state index is 0.0327. The molecule has 66 heavy (non-hydrogen) atoms. The minimum atomic E-state index is -1.37. The third-order valence-corrected chi connectivity index (χ3v) is 11.3. The number of nitrogens with one attached hydrogen (secondary N) is 6. The Balaban J connectivity index is 1.39. The summed E-state index contributed by atoms with van der Waals surface area (Å²) in [7, 11) is 5.61. The Morgan fingerprint density at radius 3 is 2.09 bits per heavy atom. The summed E-state index contributed by atoms with van der Waals surface area (Å²) in [5.74, 6) is -3.07. The highest BCUT2D eigenvalue weighted by Gasteiger charge is 2.36. The number of rotatable bonds is 17. The van der Waals surface area contributed by atoms with Gasteiger partial charge in [-0.1, -0.05) is 61.9 Å². The number of hydrogen-bond donors (Lipinski definition) is 7. The number of hydrogen-bond acceptors (Lipinski definition) is 10. The van der Waals surface area contributed by atoms with Crippen LogP contribution < -0.4 is 41.8 Å². The molecule has 0 saturated heterocycles. The third kappa shape index (κ3) is 12.9. The smallest absolute Gasteiger partial charge is 0.328 e. The second kappa shape index (κ2) is 23.5. The molecule has 1 aliphatic heterocycles. The van der Waals surface area contributed by atoms with Gasteiger partial charge in [0, 0.05) is 49.7 Å². The number of carbonyl (C=O) groups is 6. The molecule has 0 spiro atoms. The van der Waals surface area contributed by atoms with E-state index in [0.29, 0.717) is 39.3 Å². The van der Waals surface area contributed by atoms with E-state index in [9.17, 15) is 28.8 Å². The molecule has 350 valence electrons. The number of nitrogens with two attached hydrogens (primary N) is 1. The normalized spacial score (nSPS) is 16.2. The summed E-state index contributed by atoms with van der Waals surface area (Å²) < 4.78 is 16.5. The van der Waals surface area contributed by atoms with Crippen LogP contribution in [0.15, 0.2) is 84.9 Å². The Bertz CT molecular complexity index is 2390. The highest BCUT2D eigenvalue weighted by Crippen LogP contribution is 2.40. The Morgan fingerprint density at radius 1 is 0.833 bits per heavy atom. The molecule has 4 bridgehead atoms. The van der Waals surface area contributed by atoms with Gasteiger partial charge in [0.2, 0.25) is 23.6 Å². The number of benzene rings is 4. The van der Waals surface area contributed by atoms with Crippen molar-refractivity contribution in [3.05, 3.63) is 107 Å². The molecular weight excluding hydrogens is 845 g/mol. The van der Waals surface area contributed by atoms with E-state index in [0.717, 1.165) is 24.0 Å². The van der Waals surface area contributed by atoms with Crippen LogP contribution in [0.25, 0.3) is 22.3 Å².